The molecule has 2 aromatic carbocycles. The minimum Gasteiger partial charge on any atom is -0.491 e. The summed E-state index contributed by atoms with van der Waals surface area (Å²) in [6.45, 7) is 5.45. The van der Waals surface area contributed by atoms with Crippen LogP contribution in [0.3, 0.4) is 0 Å². The number of thiophene rings is 1. The summed E-state index contributed by atoms with van der Waals surface area (Å²) in [7, 11) is 0. The molecular formula is C26H26N2O5S. The number of carbonyl (C=O) groups excluding carboxylic acids is 1. The van der Waals surface area contributed by atoms with Crippen molar-refractivity contribution in [1.82, 2.24) is 9.55 Å². The molecule has 8 heteroatoms. The molecule has 0 amide bonds. The molecule has 2 aromatic heterocycles. The van der Waals surface area contributed by atoms with Crippen molar-refractivity contribution < 1.29 is 19.4 Å². The summed E-state index contributed by atoms with van der Waals surface area (Å²) in [5.74, 6) is 0.628. The summed E-state index contributed by atoms with van der Waals surface area (Å²) in [4.78, 5) is 30.7. The summed E-state index contributed by atoms with van der Waals surface area (Å²) in [6.07, 6.45) is -0.923. The van der Waals surface area contributed by atoms with Gasteiger partial charge in [0, 0.05) is 0 Å². The van der Waals surface area contributed by atoms with Crippen molar-refractivity contribution in [2.24, 2.45) is 0 Å². The fourth-order valence-corrected chi connectivity index (χ4v) is 4.87. The van der Waals surface area contributed by atoms with Gasteiger partial charge in [-0.3, -0.25) is 9.36 Å². The monoisotopic (exact) mass is 478 g/mol. The first kappa shape index (κ1) is 23.7. The lowest BCUT2D eigenvalue weighted by atomic mass is 10.1. The van der Waals surface area contributed by atoms with E-state index in [0.29, 0.717) is 32.2 Å². The molecule has 0 unspecified atom stereocenters. The largest absolute Gasteiger partial charge is 0.491 e. The number of fused-ring (bicyclic) bond motifs is 1. The number of benzene rings is 2. The number of hydrogen-bond donors (Lipinski definition) is 1. The summed E-state index contributed by atoms with van der Waals surface area (Å²) in [5.41, 5.74) is 2.44. The number of nitrogens with zero attached hydrogens (tertiary/aromatic N) is 2. The lowest BCUT2D eigenvalue weighted by molar-refractivity contribution is 0.0531. The van der Waals surface area contributed by atoms with E-state index in [1.54, 1.807) is 20.8 Å². The van der Waals surface area contributed by atoms with Gasteiger partial charge in [-0.25, -0.2) is 9.78 Å². The average molecular weight is 479 g/mol. The van der Waals surface area contributed by atoms with E-state index in [1.165, 1.54) is 4.57 Å². The molecule has 1 atom stereocenters. The van der Waals surface area contributed by atoms with Crippen LogP contribution in [0.4, 0.5) is 0 Å². The molecule has 7 nitrogen and oxygen atoms in total. The summed E-state index contributed by atoms with van der Waals surface area (Å²) in [5, 5.41) is 10.9. The standard InChI is InChI=1S/C26H26N2O5S/c1-4-32-26(31)23-16(2)22-24(34-23)27-17(3)28(25(22)30)14-20(29)15-33-21-12-10-19(11-13-21)18-8-6-5-7-9-18/h5-13,20,29H,4,14-15H2,1-3H3/t20-/m1/s1. The Hall–Kier alpha value is -3.49. The molecule has 0 aliphatic rings. The predicted octanol–water partition coefficient (Wildman–Crippen LogP) is 4.36. The maximum absolute atomic E-state index is 13.2. The van der Waals surface area contributed by atoms with Crippen LogP contribution < -0.4 is 10.3 Å². The van der Waals surface area contributed by atoms with E-state index >= 15 is 0 Å². The van der Waals surface area contributed by atoms with Crippen LogP contribution in [-0.4, -0.2) is 39.9 Å². The van der Waals surface area contributed by atoms with Crippen molar-refractivity contribution in [3.8, 4) is 16.9 Å². The molecule has 0 bridgehead atoms. The van der Waals surface area contributed by atoms with E-state index in [0.717, 1.165) is 22.5 Å². The van der Waals surface area contributed by atoms with E-state index in [1.807, 2.05) is 54.6 Å². The quantitative estimate of drug-likeness (QED) is 0.379. The first-order valence-electron chi connectivity index (χ1n) is 11.0. The maximum atomic E-state index is 13.2. The smallest absolute Gasteiger partial charge is 0.348 e. The Bertz CT molecular complexity index is 1360. The molecular weight excluding hydrogens is 452 g/mol. The number of aryl methyl sites for hydroxylation is 2. The normalized spacial score (nSPS) is 12.0. The number of carbonyl (C=O) groups is 1. The van der Waals surface area contributed by atoms with Gasteiger partial charge < -0.3 is 14.6 Å². The Morgan fingerprint density at radius 1 is 1.09 bits per heavy atom. The van der Waals surface area contributed by atoms with Crippen LogP contribution >= 0.6 is 11.3 Å². The second-order valence-corrected chi connectivity index (χ2v) is 8.89. The van der Waals surface area contributed by atoms with Crippen molar-refractivity contribution >= 4 is 27.5 Å². The summed E-state index contributed by atoms with van der Waals surface area (Å²) >= 11 is 1.15. The molecule has 1 N–H and O–H groups in total. The molecule has 0 aliphatic heterocycles. The molecule has 0 spiro atoms. The van der Waals surface area contributed by atoms with Gasteiger partial charge in [-0.1, -0.05) is 42.5 Å². The zero-order chi connectivity index (χ0) is 24.2. The van der Waals surface area contributed by atoms with Gasteiger partial charge in [0.1, 0.15) is 34.0 Å². The molecule has 0 radical (unpaired) electrons. The van der Waals surface area contributed by atoms with E-state index in [2.05, 4.69) is 4.98 Å². The van der Waals surface area contributed by atoms with Gasteiger partial charge >= 0.3 is 5.97 Å². The first-order chi connectivity index (χ1) is 16.4. The third-order valence-corrected chi connectivity index (χ3v) is 6.66. The van der Waals surface area contributed by atoms with Gasteiger partial charge in [-0.2, -0.15) is 0 Å². The highest BCUT2D eigenvalue weighted by atomic mass is 32.1. The molecule has 34 heavy (non-hydrogen) atoms. The van der Waals surface area contributed by atoms with E-state index in [4.69, 9.17) is 9.47 Å². The Balaban J connectivity index is 1.47. The molecule has 0 saturated carbocycles. The van der Waals surface area contributed by atoms with Gasteiger partial charge in [0.15, 0.2) is 0 Å². The maximum Gasteiger partial charge on any atom is 0.348 e. The second-order valence-electron chi connectivity index (χ2n) is 7.89. The lowest BCUT2D eigenvalue weighted by Gasteiger charge is -2.16. The van der Waals surface area contributed by atoms with Gasteiger partial charge in [-0.15, -0.1) is 11.3 Å². The minimum absolute atomic E-state index is 0.0191. The van der Waals surface area contributed by atoms with E-state index < -0.39 is 12.1 Å². The molecule has 4 aromatic rings. The topological polar surface area (TPSA) is 90.7 Å². The molecule has 0 aliphatic carbocycles. The van der Waals surface area contributed by atoms with Gasteiger partial charge in [-0.05, 0) is 49.6 Å². The van der Waals surface area contributed by atoms with Crippen LogP contribution in [-0.2, 0) is 11.3 Å². The number of aliphatic hydroxyl groups is 1. The predicted molar refractivity (Wildman–Crippen MR) is 133 cm³/mol. The van der Waals surface area contributed by atoms with E-state index in [9.17, 15) is 14.7 Å². The Kier molecular flexibility index (Phi) is 7.09. The number of aliphatic hydroxyl groups excluding tert-OH is 1. The number of ether oxygens (including phenoxy) is 2. The van der Waals surface area contributed by atoms with Crippen molar-refractivity contribution in [2.45, 2.75) is 33.4 Å². The molecule has 0 saturated heterocycles. The van der Waals surface area contributed by atoms with Crippen molar-refractivity contribution in [3.63, 3.8) is 0 Å². The number of rotatable bonds is 8. The zero-order valence-corrected chi connectivity index (χ0v) is 20.1. The fourth-order valence-electron chi connectivity index (χ4n) is 3.75. The van der Waals surface area contributed by atoms with Crippen molar-refractivity contribution in [2.75, 3.05) is 13.2 Å². The Morgan fingerprint density at radius 2 is 1.76 bits per heavy atom. The number of esters is 1. The molecule has 4 rings (SSSR count). The number of aromatic nitrogens is 2. The summed E-state index contributed by atoms with van der Waals surface area (Å²) in [6, 6.07) is 17.7. The van der Waals surface area contributed by atoms with Crippen LogP contribution in [0.25, 0.3) is 21.3 Å². The zero-order valence-electron chi connectivity index (χ0n) is 19.3. The van der Waals surface area contributed by atoms with Crippen molar-refractivity contribution in [3.05, 3.63) is 81.2 Å². The molecule has 2 heterocycles. The second kappa shape index (κ2) is 10.2. The highest BCUT2D eigenvalue weighted by Gasteiger charge is 2.22. The van der Waals surface area contributed by atoms with Gasteiger partial charge in [0.05, 0.1) is 18.5 Å². The third-order valence-electron chi connectivity index (χ3n) is 5.50. The van der Waals surface area contributed by atoms with Gasteiger partial charge in [0.2, 0.25) is 0 Å². The SMILES string of the molecule is CCOC(=O)c1sc2nc(C)n(C[C@@H](O)COc3ccc(-c4ccccc4)cc3)c(=O)c2c1C. The average Bonchev–Trinajstić information content (AvgIpc) is 3.17. The van der Waals surface area contributed by atoms with E-state index in [-0.39, 0.29) is 25.3 Å². The van der Waals surface area contributed by atoms with Crippen LogP contribution in [0.5, 0.6) is 5.75 Å². The van der Waals surface area contributed by atoms with Gasteiger partial charge in [0.25, 0.3) is 5.56 Å². The highest BCUT2D eigenvalue weighted by Crippen LogP contribution is 2.28. The molecule has 176 valence electrons. The Labute approximate surface area is 201 Å². The van der Waals surface area contributed by atoms with Crippen LogP contribution in [0.15, 0.2) is 59.4 Å². The van der Waals surface area contributed by atoms with Crippen LogP contribution in [0.2, 0.25) is 0 Å². The fraction of sp³-hybridized carbons (Fsp3) is 0.269. The highest BCUT2D eigenvalue weighted by molar-refractivity contribution is 7.20. The minimum atomic E-state index is -0.923. The summed E-state index contributed by atoms with van der Waals surface area (Å²) < 4.78 is 12.2. The Morgan fingerprint density at radius 3 is 2.44 bits per heavy atom. The lowest BCUT2D eigenvalue weighted by Crippen LogP contribution is -2.32. The third kappa shape index (κ3) is 4.88. The molecule has 0 fully saturated rings. The first-order valence-corrected chi connectivity index (χ1v) is 11.8. The van der Waals surface area contributed by atoms with Crippen LogP contribution in [0, 0.1) is 13.8 Å². The van der Waals surface area contributed by atoms with Crippen LogP contribution in [0.1, 0.15) is 28.0 Å². The van der Waals surface area contributed by atoms with Crippen molar-refractivity contribution in [1.29, 1.82) is 0 Å². The number of hydrogen-bond acceptors (Lipinski definition) is 7.